The van der Waals surface area contributed by atoms with Gasteiger partial charge in [-0.05, 0) is 12.1 Å². The van der Waals surface area contributed by atoms with Gasteiger partial charge in [-0.25, -0.2) is 8.78 Å². The Morgan fingerprint density at radius 2 is 1.76 bits per heavy atom. The van der Waals surface area contributed by atoms with E-state index < -0.39 is 44.6 Å². The molecule has 0 aliphatic heterocycles. The summed E-state index contributed by atoms with van der Waals surface area (Å²) in [6, 6.07) is 3.27. The maximum absolute atomic E-state index is 13.6. The third-order valence-corrected chi connectivity index (χ3v) is 3.13. The number of ether oxygens (including phenoxy) is 1. The lowest BCUT2D eigenvalue weighted by atomic mass is 10.2. The van der Waals surface area contributed by atoms with Crippen LogP contribution in [-0.4, -0.2) is 4.92 Å². The summed E-state index contributed by atoms with van der Waals surface area (Å²) < 4.78 is 45.2. The van der Waals surface area contributed by atoms with Gasteiger partial charge in [0.1, 0.15) is 5.82 Å². The minimum absolute atomic E-state index is 0.160. The van der Waals surface area contributed by atoms with E-state index in [0.29, 0.717) is 6.07 Å². The lowest BCUT2D eigenvalue weighted by Gasteiger charge is -2.09. The van der Waals surface area contributed by atoms with E-state index in [0.717, 1.165) is 18.2 Å². The number of nitro groups is 1. The molecule has 9 heteroatoms. The molecule has 0 aliphatic carbocycles. The summed E-state index contributed by atoms with van der Waals surface area (Å²) in [7, 11) is 0. The van der Waals surface area contributed by atoms with Gasteiger partial charge in [-0.1, -0.05) is 27.5 Å². The molecule has 0 radical (unpaired) electrons. The van der Waals surface area contributed by atoms with Gasteiger partial charge in [0.25, 0.3) is 0 Å². The average Bonchev–Trinajstić information content (AvgIpc) is 2.39. The average molecular weight is 383 g/mol. The molecule has 0 N–H and O–H groups in total. The molecule has 2 aromatic rings. The minimum atomic E-state index is -1.34. The molecular weight excluding hydrogens is 378 g/mol. The van der Waals surface area contributed by atoms with E-state index in [9.17, 15) is 23.3 Å². The fourth-order valence-corrected chi connectivity index (χ4v) is 2.03. The molecule has 0 unspecified atom stereocenters. The Hall–Kier alpha value is -1.80. The van der Waals surface area contributed by atoms with Crippen molar-refractivity contribution in [3.8, 4) is 11.5 Å². The van der Waals surface area contributed by atoms with Crippen molar-refractivity contribution in [2.45, 2.75) is 0 Å². The van der Waals surface area contributed by atoms with Crippen LogP contribution in [0.15, 0.2) is 28.7 Å². The van der Waals surface area contributed by atoms with Crippen LogP contribution in [0.1, 0.15) is 0 Å². The Bertz CT molecular complexity index is 742. The van der Waals surface area contributed by atoms with Gasteiger partial charge in [-0.3, -0.25) is 10.1 Å². The van der Waals surface area contributed by atoms with E-state index in [2.05, 4.69) is 15.9 Å². The number of nitro benzene ring substituents is 1. The van der Waals surface area contributed by atoms with Crippen molar-refractivity contribution in [1.29, 1.82) is 0 Å². The number of rotatable bonds is 3. The highest BCUT2D eigenvalue weighted by Crippen LogP contribution is 2.37. The molecule has 0 amide bonds. The van der Waals surface area contributed by atoms with Gasteiger partial charge in [0.15, 0.2) is 11.6 Å². The van der Waals surface area contributed by atoms with Crippen LogP contribution in [0.3, 0.4) is 0 Å². The van der Waals surface area contributed by atoms with Crippen LogP contribution in [0.25, 0.3) is 0 Å². The number of hydrogen-bond donors (Lipinski definition) is 0. The molecule has 0 saturated carbocycles. The normalized spacial score (nSPS) is 10.5. The van der Waals surface area contributed by atoms with E-state index >= 15 is 0 Å². The third kappa shape index (κ3) is 3.27. The van der Waals surface area contributed by atoms with Crippen LogP contribution in [0, 0.1) is 27.6 Å². The van der Waals surface area contributed by atoms with Gasteiger partial charge < -0.3 is 4.74 Å². The summed E-state index contributed by atoms with van der Waals surface area (Å²) in [5.74, 6) is -4.70. The summed E-state index contributed by atoms with van der Waals surface area (Å²) in [6.45, 7) is 0. The molecule has 0 aromatic heterocycles. The van der Waals surface area contributed by atoms with Crippen LogP contribution in [0.4, 0.5) is 18.9 Å². The fraction of sp³-hybridized carbons (Fsp3) is 0. The highest BCUT2D eigenvalue weighted by molar-refractivity contribution is 9.10. The maximum Gasteiger partial charge on any atom is 0.314 e. The summed E-state index contributed by atoms with van der Waals surface area (Å²) in [5, 5.41) is 10.4. The predicted octanol–water partition coefficient (Wildman–Crippen LogP) is 5.22. The van der Waals surface area contributed by atoms with Crippen molar-refractivity contribution in [1.82, 2.24) is 0 Å². The monoisotopic (exact) mass is 381 g/mol. The van der Waals surface area contributed by atoms with Crippen molar-refractivity contribution in [2.24, 2.45) is 0 Å². The molecule has 0 aliphatic rings. The second-order valence-electron chi connectivity index (χ2n) is 3.79. The smallest absolute Gasteiger partial charge is 0.314 e. The van der Waals surface area contributed by atoms with Gasteiger partial charge >= 0.3 is 5.69 Å². The first-order valence-corrected chi connectivity index (χ1v) is 6.42. The van der Waals surface area contributed by atoms with Gasteiger partial charge in [0.2, 0.25) is 11.6 Å². The second kappa shape index (κ2) is 5.90. The van der Waals surface area contributed by atoms with E-state index in [4.69, 9.17) is 16.3 Å². The van der Waals surface area contributed by atoms with Crippen LogP contribution < -0.4 is 4.74 Å². The predicted molar refractivity (Wildman–Crippen MR) is 72.2 cm³/mol. The van der Waals surface area contributed by atoms with E-state index in [1.807, 2.05) is 0 Å². The first kappa shape index (κ1) is 15.6. The highest BCUT2D eigenvalue weighted by atomic mass is 79.9. The Kier molecular flexibility index (Phi) is 4.38. The van der Waals surface area contributed by atoms with Gasteiger partial charge in [0, 0.05) is 10.5 Å². The molecule has 110 valence electrons. The first-order chi connectivity index (χ1) is 9.79. The van der Waals surface area contributed by atoms with Crippen LogP contribution in [0.5, 0.6) is 11.5 Å². The maximum atomic E-state index is 13.6. The molecule has 0 heterocycles. The van der Waals surface area contributed by atoms with Crippen molar-refractivity contribution >= 4 is 33.2 Å². The molecule has 2 aromatic carbocycles. The molecule has 0 fully saturated rings. The number of nitrogens with zero attached hydrogens (tertiary/aromatic N) is 1. The quantitative estimate of drug-likeness (QED) is 0.415. The van der Waals surface area contributed by atoms with E-state index in [-0.39, 0.29) is 4.47 Å². The lowest BCUT2D eigenvalue weighted by molar-refractivity contribution is -0.385. The van der Waals surface area contributed by atoms with Crippen LogP contribution in [-0.2, 0) is 0 Å². The highest BCUT2D eigenvalue weighted by Gasteiger charge is 2.22. The minimum Gasteiger partial charge on any atom is -0.447 e. The molecule has 2 rings (SSSR count). The van der Waals surface area contributed by atoms with Crippen molar-refractivity contribution in [3.63, 3.8) is 0 Å². The lowest BCUT2D eigenvalue weighted by Crippen LogP contribution is -1.97. The zero-order chi connectivity index (χ0) is 15.7. The SMILES string of the molecule is O=[N+]([O-])c1cc(F)c(Cl)cc1Oc1cc(Br)cc(F)c1F. The molecular formula is C12H4BrClF3NO3. The molecule has 0 saturated heterocycles. The summed E-state index contributed by atoms with van der Waals surface area (Å²) in [4.78, 5) is 9.90. The third-order valence-electron chi connectivity index (χ3n) is 2.38. The standard InChI is InChI=1S/C12H4BrClF3NO3/c13-5-1-8(16)12(17)11(2-5)21-10-3-6(14)7(15)4-9(10)18(19)20/h1-4H. The Labute approximate surface area is 129 Å². The van der Waals surface area contributed by atoms with Crippen molar-refractivity contribution < 1.29 is 22.8 Å². The van der Waals surface area contributed by atoms with E-state index in [1.165, 1.54) is 0 Å². The number of benzene rings is 2. The molecule has 21 heavy (non-hydrogen) atoms. The molecule has 0 spiro atoms. The summed E-state index contributed by atoms with van der Waals surface area (Å²) >= 11 is 8.43. The molecule has 0 bridgehead atoms. The van der Waals surface area contributed by atoms with Gasteiger partial charge in [-0.2, -0.15) is 4.39 Å². The first-order valence-electron chi connectivity index (χ1n) is 5.25. The van der Waals surface area contributed by atoms with Crippen molar-refractivity contribution in [2.75, 3.05) is 0 Å². The zero-order valence-electron chi connectivity index (χ0n) is 9.87. The topological polar surface area (TPSA) is 52.4 Å². The summed E-state index contributed by atoms with van der Waals surface area (Å²) in [5.41, 5.74) is -0.767. The summed E-state index contributed by atoms with van der Waals surface area (Å²) in [6.07, 6.45) is 0. The van der Waals surface area contributed by atoms with Gasteiger partial charge in [-0.15, -0.1) is 0 Å². The largest absolute Gasteiger partial charge is 0.447 e. The molecule has 0 atom stereocenters. The van der Waals surface area contributed by atoms with Crippen molar-refractivity contribution in [3.05, 3.63) is 61.3 Å². The zero-order valence-corrected chi connectivity index (χ0v) is 12.2. The Morgan fingerprint density at radius 3 is 2.38 bits per heavy atom. The number of hydrogen-bond acceptors (Lipinski definition) is 3. The van der Waals surface area contributed by atoms with E-state index in [1.54, 1.807) is 0 Å². The molecule has 4 nitrogen and oxygen atoms in total. The number of halogens is 5. The van der Waals surface area contributed by atoms with Crippen LogP contribution in [0.2, 0.25) is 5.02 Å². The second-order valence-corrected chi connectivity index (χ2v) is 5.12. The fourth-order valence-electron chi connectivity index (χ4n) is 1.47. The van der Waals surface area contributed by atoms with Gasteiger partial charge in [0.05, 0.1) is 16.0 Å². The van der Waals surface area contributed by atoms with Crippen LogP contribution >= 0.6 is 27.5 Å². The Morgan fingerprint density at radius 1 is 1.10 bits per heavy atom. The Balaban J connectivity index is 2.54.